The highest BCUT2D eigenvalue weighted by Gasteiger charge is 2.15. The van der Waals surface area contributed by atoms with Gasteiger partial charge in [0.1, 0.15) is 11.5 Å². The van der Waals surface area contributed by atoms with Gasteiger partial charge < -0.3 is 5.32 Å². The molecule has 0 aliphatic carbocycles. The first-order chi connectivity index (χ1) is 7.54. The SMILES string of the molecule is C/C=C/C(=O)Nc1cc(F)ccc1[N+](=O)[O-]. The number of nitro benzene ring substituents is 1. The van der Waals surface area contributed by atoms with Crippen LogP contribution in [0.25, 0.3) is 0 Å². The minimum Gasteiger partial charge on any atom is -0.317 e. The van der Waals surface area contributed by atoms with E-state index in [0.717, 1.165) is 18.2 Å². The van der Waals surface area contributed by atoms with Crippen LogP contribution in [0.4, 0.5) is 15.8 Å². The molecule has 16 heavy (non-hydrogen) atoms. The summed E-state index contributed by atoms with van der Waals surface area (Å²) in [6.45, 7) is 1.62. The van der Waals surface area contributed by atoms with E-state index in [2.05, 4.69) is 5.32 Å². The fourth-order valence-electron chi connectivity index (χ4n) is 1.09. The molecule has 0 aromatic heterocycles. The van der Waals surface area contributed by atoms with Crippen molar-refractivity contribution >= 4 is 17.3 Å². The fraction of sp³-hybridized carbons (Fsp3) is 0.100. The van der Waals surface area contributed by atoms with E-state index in [-0.39, 0.29) is 11.4 Å². The van der Waals surface area contributed by atoms with Crippen LogP contribution in [0.15, 0.2) is 30.4 Å². The molecule has 6 heteroatoms. The molecular formula is C10H9FN2O3. The molecule has 0 radical (unpaired) electrons. The van der Waals surface area contributed by atoms with Gasteiger partial charge in [-0.2, -0.15) is 0 Å². The third-order valence-corrected chi connectivity index (χ3v) is 1.73. The van der Waals surface area contributed by atoms with Crippen molar-refractivity contribution in [2.75, 3.05) is 5.32 Å². The second kappa shape index (κ2) is 5.01. The quantitative estimate of drug-likeness (QED) is 0.486. The molecular weight excluding hydrogens is 215 g/mol. The lowest BCUT2D eigenvalue weighted by molar-refractivity contribution is -0.384. The molecule has 0 saturated carbocycles. The average Bonchev–Trinajstić information content (AvgIpc) is 2.17. The molecule has 0 aliphatic rings. The first-order valence-corrected chi connectivity index (χ1v) is 4.42. The Bertz CT molecular complexity index is 457. The highest BCUT2D eigenvalue weighted by Crippen LogP contribution is 2.24. The molecule has 1 aromatic carbocycles. The van der Waals surface area contributed by atoms with Gasteiger partial charge in [0.2, 0.25) is 5.91 Å². The lowest BCUT2D eigenvalue weighted by Gasteiger charge is -2.03. The van der Waals surface area contributed by atoms with Crippen molar-refractivity contribution in [3.8, 4) is 0 Å². The van der Waals surface area contributed by atoms with Crippen LogP contribution in [-0.2, 0) is 4.79 Å². The Morgan fingerprint density at radius 1 is 1.56 bits per heavy atom. The van der Waals surface area contributed by atoms with E-state index >= 15 is 0 Å². The summed E-state index contributed by atoms with van der Waals surface area (Å²) in [5.74, 6) is -1.20. The van der Waals surface area contributed by atoms with Crippen LogP contribution in [0, 0.1) is 15.9 Å². The van der Waals surface area contributed by atoms with Crippen molar-refractivity contribution in [1.29, 1.82) is 0 Å². The maximum atomic E-state index is 12.9. The predicted octanol–water partition coefficient (Wildman–Crippen LogP) is 2.25. The third kappa shape index (κ3) is 2.88. The number of allylic oxidation sites excluding steroid dienone is 1. The lowest BCUT2D eigenvalue weighted by Crippen LogP contribution is -2.09. The van der Waals surface area contributed by atoms with Gasteiger partial charge in [-0.25, -0.2) is 4.39 Å². The maximum Gasteiger partial charge on any atom is 0.292 e. The summed E-state index contributed by atoms with van der Waals surface area (Å²) < 4.78 is 12.9. The van der Waals surface area contributed by atoms with E-state index in [0.29, 0.717) is 0 Å². The van der Waals surface area contributed by atoms with E-state index in [1.165, 1.54) is 12.2 Å². The predicted molar refractivity (Wildman–Crippen MR) is 56.5 cm³/mol. The average molecular weight is 224 g/mol. The first kappa shape index (κ1) is 11.8. The zero-order valence-corrected chi connectivity index (χ0v) is 8.44. The number of benzene rings is 1. The van der Waals surface area contributed by atoms with E-state index in [9.17, 15) is 19.3 Å². The van der Waals surface area contributed by atoms with Crippen molar-refractivity contribution < 1.29 is 14.1 Å². The van der Waals surface area contributed by atoms with Gasteiger partial charge in [-0.05, 0) is 19.1 Å². The fourth-order valence-corrected chi connectivity index (χ4v) is 1.09. The summed E-state index contributed by atoms with van der Waals surface area (Å²) in [5.41, 5.74) is -0.507. The number of carbonyl (C=O) groups is 1. The largest absolute Gasteiger partial charge is 0.317 e. The molecule has 5 nitrogen and oxygen atoms in total. The van der Waals surface area contributed by atoms with Gasteiger partial charge in [0.05, 0.1) is 4.92 Å². The van der Waals surface area contributed by atoms with Crippen LogP contribution >= 0.6 is 0 Å². The van der Waals surface area contributed by atoms with Crippen LogP contribution in [0.3, 0.4) is 0 Å². The second-order valence-corrected chi connectivity index (χ2v) is 2.91. The number of halogens is 1. The summed E-state index contributed by atoms with van der Waals surface area (Å²) >= 11 is 0. The standard InChI is InChI=1S/C10H9FN2O3/c1-2-3-10(14)12-8-6-7(11)4-5-9(8)13(15)16/h2-6H,1H3,(H,12,14)/b3-2+. The Morgan fingerprint density at radius 2 is 2.25 bits per heavy atom. The molecule has 0 fully saturated rings. The molecule has 0 heterocycles. The molecule has 0 atom stereocenters. The Balaban J connectivity index is 3.05. The Morgan fingerprint density at radius 3 is 2.81 bits per heavy atom. The number of anilines is 1. The summed E-state index contributed by atoms with van der Waals surface area (Å²) in [6.07, 6.45) is 2.66. The number of hydrogen-bond donors (Lipinski definition) is 1. The molecule has 84 valence electrons. The van der Waals surface area contributed by atoms with Crippen molar-refractivity contribution in [2.24, 2.45) is 0 Å². The number of nitro groups is 1. The minimum atomic E-state index is -0.690. The van der Waals surface area contributed by atoms with Crippen molar-refractivity contribution in [3.63, 3.8) is 0 Å². The zero-order chi connectivity index (χ0) is 12.1. The smallest absolute Gasteiger partial charge is 0.292 e. The van der Waals surface area contributed by atoms with E-state index in [4.69, 9.17) is 0 Å². The van der Waals surface area contributed by atoms with E-state index in [1.807, 2.05) is 0 Å². The molecule has 0 saturated heterocycles. The first-order valence-electron chi connectivity index (χ1n) is 4.42. The monoisotopic (exact) mass is 224 g/mol. The van der Waals surface area contributed by atoms with Gasteiger partial charge in [-0.3, -0.25) is 14.9 Å². The molecule has 1 amide bonds. The number of amides is 1. The summed E-state index contributed by atoms with van der Waals surface area (Å²) in [6, 6.07) is 2.86. The molecule has 0 aliphatic heterocycles. The highest BCUT2D eigenvalue weighted by atomic mass is 19.1. The van der Waals surface area contributed by atoms with Gasteiger partial charge in [-0.15, -0.1) is 0 Å². The lowest BCUT2D eigenvalue weighted by atomic mass is 10.2. The minimum absolute atomic E-state index is 0.159. The van der Waals surface area contributed by atoms with Crippen LogP contribution in [0.5, 0.6) is 0 Å². The van der Waals surface area contributed by atoms with Gasteiger partial charge in [0.15, 0.2) is 0 Å². The normalized spacial score (nSPS) is 10.4. The van der Waals surface area contributed by atoms with Crippen molar-refractivity contribution in [2.45, 2.75) is 6.92 Å². The Labute approximate surface area is 90.7 Å². The van der Waals surface area contributed by atoms with Crippen LogP contribution in [-0.4, -0.2) is 10.8 Å². The van der Waals surface area contributed by atoms with Gasteiger partial charge in [0.25, 0.3) is 5.69 Å². The molecule has 1 rings (SSSR count). The second-order valence-electron chi connectivity index (χ2n) is 2.91. The topological polar surface area (TPSA) is 72.2 Å². The van der Waals surface area contributed by atoms with E-state index in [1.54, 1.807) is 6.92 Å². The molecule has 0 spiro atoms. The Kier molecular flexibility index (Phi) is 3.71. The molecule has 0 unspecified atom stereocenters. The number of nitrogens with zero attached hydrogens (tertiary/aromatic N) is 1. The van der Waals surface area contributed by atoms with Crippen molar-refractivity contribution in [1.82, 2.24) is 0 Å². The third-order valence-electron chi connectivity index (χ3n) is 1.73. The van der Waals surface area contributed by atoms with Crippen molar-refractivity contribution in [3.05, 3.63) is 46.3 Å². The highest BCUT2D eigenvalue weighted by molar-refractivity contribution is 6.00. The van der Waals surface area contributed by atoms with Crippen LogP contribution in [0.2, 0.25) is 0 Å². The Hall–Kier alpha value is -2.24. The summed E-state index contributed by atoms with van der Waals surface area (Å²) in [5, 5.41) is 12.8. The number of rotatable bonds is 3. The maximum absolute atomic E-state index is 12.9. The van der Waals surface area contributed by atoms with Gasteiger partial charge in [0, 0.05) is 12.1 Å². The number of carbonyl (C=O) groups excluding carboxylic acids is 1. The van der Waals surface area contributed by atoms with E-state index < -0.39 is 16.6 Å². The van der Waals surface area contributed by atoms with Gasteiger partial charge >= 0.3 is 0 Å². The van der Waals surface area contributed by atoms with Crippen LogP contribution < -0.4 is 5.32 Å². The number of hydrogen-bond acceptors (Lipinski definition) is 3. The molecule has 1 aromatic rings. The van der Waals surface area contributed by atoms with Crippen LogP contribution in [0.1, 0.15) is 6.92 Å². The summed E-state index contributed by atoms with van der Waals surface area (Å²) in [7, 11) is 0. The molecule has 1 N–H and O–H groups in total. The molecule has 0 bridgehead atoms. The summed E-state index contributed by atoms with van der Waals surface area (Å²) in [4.78, 5) is 21.1. The number of nitrogens with one attached hydrogen (secondary N) is 1. The van der Waals surface area contributed by atoms with Gasteiger partial charge in [-0.1, -0.05) is 6.08 Å². The zero-order valence-electron chi connectivity index (χ0n) is 8.44.